The van der Waals surface area contributed by atoms with E-state index < -0.39 is 0 Å². The van der Waals surface area contributed by atoms with Crippen LogP contribution in [0.1, 0.15) is 19.8 Å². The molecule has 0 aliphatic heterocycles. The Labute approximate surface area is 102 Å². The van der Waals surface area contributed by atoms with Gasteiger partial charge in [-0.05, 0) is 12.5 Å². The lowest BCUT2D eigenvalue weighted by Crippen LogP contribution is -2.29. The fourth-order valence-electron chi connectivity index (χ4n) is 1.36. The van der Waals surface area contributed by atoms with Crippen molar-refractivity contribution in [1.82, 2.24) is 15.1 Å². The van der Waals surface area contributed by atoms with Crippen LogP contribution in [-0.2, 0) is 11.3 Å². The van der Waals surface area contributed by atoms with Gasteiger partial charge in [-0.2, -0.15) is 5.10 Å². The molecule has 1 aromatic heterocycles. The van der Waals surface area contributed by atoms with Gasteiger partial charge in [0.15, 0.2) is 0 Å². The lowest BCUT2D eigenvalue weighted by molar-refractivity contribution is 0.133. The van der Waals surface area contributed by atoms with E-state index in [0.29, 0.717) is 6.54 Å². The fraction of sp³-hybridized carbons (Fsp3) is 0.667. The molecule has 0 saturated heterocycles. The third-order valence-electron chi connectivity index (χ3n) is 2.35. The molecule has 1 heterocycles. The second kappa shape index (κ2) is 8.90. The number of hydrogen-bond donors (Lipinski definition) is 1. The fourth-order valence-corrected chi connectivity index (χ4v) is 1.36. The van der Waals surface area contributed by atoms with Crippen molar-refractivity contribution in [2.24, 2.45) is 0 Å². The average Bonchev–Trinajstić information content (AvgIpc) is 2.35. The SMILES string of the molecule is CCCCOCCNCCn1ncccc1=O. The molecule has 0 amide bonds. The maximum atomic E-state index is 11.3. The van der Waals surface area contributed by atoms with Crippen molar-refractivity contribution in [2.45, 2.75) is 26.3 Å². The Morgan fingerprint density at radius 3 is 3.06 bits per heavy atom. The highest BCUT2D eigenvalue weighted by atomic mass is 16.5. The van der Waals surface area contributed by atoms with E-state index in [1.54, 1.807) is 12.3 Å². The molecule has 0 aliphatic rings. The zero-order valence-electron chi connectivity index (χ0n) is 10.4. The molecule has 1 N–H and O–H groups in total. The normalized spacial score (nSPS) is 10.6. The molecule has 96 valence electrons. The number of aromatic nitrogens is 2. The van der Waals surface area contributed by atoms with E-state index in [9.17, 15) is 4.79 Å². The molecule has 0 bridgehead atoms. The Balaban J connectivity index is 2.01. The zero-order chi connectivity index (χ0) is 12.3. The summed E-state index contributed by atoms with van der Waals surface area (Å²) in [6.07, 6.45) is 3.90. The maximum absolute atomic E-state index is 11.3. The summed E-state index contributed by atoms with van der Waals surface area (Å²) in [6, 6.07) is 3.16. The highest BCUT2D eigenvalue weighted by Gasteiger charge is 1.94. The highest BCUT2D eigenvalue weighted by Crippen LogP contribution is 1.86. The van der Waals surface area contributed by atoms with E-state index >= 15 is 0 Å². The minimum Gasteiger partial charge on any atom is -0.380 e. The number of ether oxygens (including phenoxy) is 1. The average molecular weight is 239 g/mol. The van der Waals surface area contributed by atoms with Crippen molar-refractivity contribution in [3.8, 4) is 0 Å². The quantitative estimate of drug-likeness (QED) is 0.643. The largest absolute Gasteiger partial charge is 0.380 e. The van der Waals surface area contributed by atoms with Crippen molar-refractivity contribution in [3.63, 3.8) is 0 Å². The van der Waals surface area contributed by atoms with E-state index in [1.165, 1.54) is 10.7 Å². The summed E-state index contributed by atoms with van der Waals surface area (Å²) in [5.74, 6) is 0. The number of nitrogens with zero attached hydrogens (tertiary/aromatic N) is 2. The molecule has 0 saturated carbocycles. The summed E-state index contributed by atoms with van der Waals surface area (Å²) >= 11 is 0. The van der Waals surface area contributed by atoms with Crippen LogP contribution in [-0.4, -0.2) is 36.1 Å². The minimum atomic E-state index is -0.0616. The second-order valence-corrected chi connectivity index (χ2v) is 3.80. The molecular weight excluding hydrogens is 218 g/mol. The van der Waals surface area contributed by atoms with Gasteiger partial charge in [0, 0.05) is 32.0 Å². The molecular formula is C12H21N3O2. The van der Waals surface area contributed by atoms with Gasteiger partial charge >= 0.3 is 0 Å². The molecule has 0 spiro atoms. The van der Waals surface area contributed by atoms with Crippen LogP contribution >= 0.6 is 0 Å². The van der Waals surface area contributed by atoms with Gasteiger partial charge in [0.1, 0.15) is 0 Å². The molecule has 0 aliphatic carbocycles. The van der Waals surface area contributed by atoms with Crippen molar-refractivity contribution < 1.29 is 4.74 Å². The molecule has 0 fully saturated rings. The van der Waals surface area contributed by atoms with Crippen LogP contribution in [0.3, 0.4) is 0 Å². The summed E-state index contributed by atoms with van der Waals surface area (Å²) in [7, 11) is 0. The topological polar surface area (TPSA) is 56.1 Å². The van der Waals surface area contributed by atoms with Crippen molar-refractivity contribution in [1.29, 1.82) is 0 Å². The molecule has 1 aromatic rings. The first-order valence-electron chi connectivity index (χ1n) is 6.15. The predicted octanol–water partition coefficient (Wildman–Crippen LogP) is 0.650. The van der Waals surface area contributed by atoms with E-state index in [-0.39, 0.29) is 5.56 Å². The van der Waals surface area contributed by atoms with Crippen molar-refractivity contribution in [2.75, 3.05) is 26.3 Å². The van der Waals surface area contributed by atoms with E-state index in [4.69, 9.17) is 4.74 Å². The molecule has 17 heavy (non-hydrogen) atoms. The van der Waals surface area contributed by atoms with E-state index in [0.717, 1.165) is 39.1 Å². The first-order valence-corrected chi connectivity index (χ1v) is 6.15. The molecule has 5 heteroatoms. The molecule has 0 unspecified atom stereocenters. The van der Waals surface area contributed by atoms with Crippen molar-refractivity contribution >= 4 is 0 Å². The smallest absolute Gasteiger partial charge is 0.266 e. The third kappa shape index (κ3) is 6.19. The molecule has 1 rings (SSSR count). The standard InChI is InChI=1S/C12H21N3O2/c1-2-3-10-17-11-8-13-7-9-15-12(16)5-4-6-14-15/h4-6,13H,2-3,7-11H2,1H3. The predicted molar refractivity (Wildman–Crippen MR) is 67.1 cm³/mol. The lowest BCUT2D eigenvalue weighted by Gasteiger charge is -2.06. The summed E-state index contributed by atoms with van der Waals surface area (Å²) in [5, 5.41) is 7.18. The third-order valence-corrected chi connectivity index (χ3v) is 2.35. The number of hydrogen-bond acceptors (Lipinski definition) is 4. The van der Waals surface area contributed by atoms with Crippen LogP contribution in [0, 0.1) is 0 Å². The van der Waals surface area contributed by atoms with Gasteiger partial charge in [0.05, 0.1) is 13.2 Å². The van der Waals surface area contributed by atoms with Crippen LogP contribution in [0.15, 0.2) is 23.1 Å². The van der Waals surface area contributed by atoms with Crippen molar-refractivity contribution in [3.05, 3.63) is 28.7 Å². The first-order chi connectivity index (χ1) is 8.34. The Morgan fingerprint density at radius 1 is 1.41 bits per heavy atom. The lowest BCUT2D eigenvalue weighted by atomic mass is 10.4. The van der Waals surface area contributed by atoms with Gasteiger partial charge in [-0.3, -0.25) is 4.79 Å². The zero-order valence-corrected chi connectivity index (χ0v) is 10.4. The van der Waals surface area contributed by atoms with Crippen LogP contribution in [0.2, 0.25) is 0 Å². The van der Waals surface area contributed by atoms with Gasteiger partial charge in [0.2, 0.25) is 0 Å². The van der Waals surface area contributed by atoms with Crippen LogP contribution in [0.5, 0.6) is 0 Å². The van der Waals surface area contributed by atoms with Crippen LogP contribution < -0.4 is 10.9 Å². The summed E-state index contributed by atoms with van der Waals surface area (Å²) < 4.78 is 6.85. The number of rotatable bonds is 9. The van der Waals surface area contributed by atoms with E-state index in [2.05, 4.69) is 17.3 Å². The van der Waals surface area contributed by atoms with Gasteiger partial charge < -0.3 is 10.1 Å². The molecule has 5 nitrogen and oxygen atoms in total. The van der Waals surface area contributed by atoms with Gasteiger partial charge in [0.25, 0.3) is 5.56 Å². The summed E-state index contributed by atoms with van der Waals surface area (Å²) in [5.41, 5.74) is -0.0616. The first kappa shape index (κ1) is 13.9. The van der Waals surface area contributed by atoms with Crippen LogP contribution in [0.25, 0.3) is 0 Å². The van der Waals surface area contributed by atoms with Gasteiger partial charge in [-0.25, -0.2) is 4.68 Å². The number of nitrogens with one attached hydrogen (secondary N) is 1. The molecule has 0 aromatic carbocycles. The Morgan fingerprint density at radius 2 is 2.29 bits per heavy atom. The van der Waals surface area contributed by atoms with Gasteiger partial charge in [-0.15, -0.1) is 0 Å². The Kier molecular flexibility index (Phi) is 7.25. The number of unbranched alkanes of at least 4 members (excludes halogenated alkanes) is 1. The molecule has 0 atom stereocenters. The summed E-state index contributed by atoms with van der Waals surface area (Å²) in [6.45, 7) is 5.83. The second-order valence-electron chi connectivity index (χ2n) is 3.80. The maximum Gasteiger partial charge on any atom is 0.266 e. The highest BCUT2D eigenvalue weighted by molar-refractivity contribution is 4.84. The molecule has 0 radical (unpaired) electrons. The van der Waals surface area contributed by atoms with E-state index in [1.807, 2.05) is 0 Å². The van der Waals surface area contributed by atoms with Gasteiger partial charge in [-0.1, -0.05) is 13.3 Å². The monoisotopic (exact) mass is 239 g/mol. The Bertz CT molecular complexity index is 352. The summed E-state index contributed by atoms with van der Waals surface area (Å²) in [4.78, 5) is 11.3. The Hall–Kier alpha value is -1.20. The van der Waals surface area contributed by atoms with Crippen LogP contribution in [0.4, 0.5) is 0 Å². The minimum absolute atomic E-state index is 0.0616.